The van der Waals surface area contributed by atoms with Crippen LogP contribution in [0, 0.1) is 0 Å². The summed E-state index contributed by atoms with van der Waals surface area (Å²) < 4.78 is 34.7. The number of benzene rings is 3. The van der Waals surface area contributed by atoms with Gasteiger partial charge in [0.15, 0.2) is 5.25 Å². The fraction of sp³-hybridized carbons (Fsp3) is 0.310. The summed E-state index contributed by atoms with van der Waals surface area (Å²) in [7, 11) is -6.48. The SMILES string of the molecule is C[S+](C)[C@H]1C[C@@H](O[Si](c2ccccc2)(c2ccccc2)C(C)(C)C)C=C1S(=O)(=O)c1ccccc1. The van der Waals surface area contributed by atoms with Gasteiger partial charge in [0.2, 0.25) is 9.84 Å². The highest BCUT2D eigenvalue weighted by Crippen LogP contribution is 2.41. The van der Waals surface area contributed by atoms with Crippen LogP contribution < -0.4 is 10.4 Å². The predicted octanol–water partition coefficient (Wildman–Crippen LogP) is 4.94. The molecule has 1 aliphatic carbocycles. The molecular weight excluding hydrogens is 489 g/mol. The molecule has 3 aromatic carbocycles. The van der Waals surface area contributed by atoms with Crippen molar-refractivity contribution in [3.63, 3.8) is 0 Å². The zero-order chi connectivity index (χ0) is 25.3. The van der Waals surface area contributed by atoms with Crippen LogP contribution in [0.1, 0.15) is 27.2 Å². The second-order valence-corrected chi connectivity index (χ2v) is 18.8. The minimum Gasteiger partial charge on any atom is -0.401 e. The van der Waals surface area contributed by atoms with E-state index in [0.29, 0.717) is 16.2 Å². The molecule has 0 amide bonds. The highest BCUT2D eigenvalue weighted by atomic mass is 32.2. The molecule has 0 unspecified atom stereocenters. The Labute approximate surface area is 214 Å². The number of hydrogen-bond donors (Lipinski definition) is 0. The summed E-state index contributed by atoms with van der Waals surface area (Å²) in [5.74, 6) is 0. The lowest BCUT2D eigenvalue weighted by Gasteiger charge is -2.44. The lowest BCUT2D eigenvalue weighted by atomic mass is 10.2. The third-order valence-corrected chi connectivity index (χ3v) is 15.5. The van der Waals surface area contributed by atoms with E-state index in [4.69, 9.17) is 4.43 Å². The lowest BCUT2D eigenvalue weighted by Crippen LogP contribution is -2.67. The van der Waals surface area contributed by atoms with Crippen LogP contribution in [-0.4, -0.2) is 40.6 Å². The van der Waals surface area contributed by atoms with E-state index in [1.54, 1.807) is 24.3 Å². The van der Waals surface area contributed by atoms with E-state index >= 15 is 0 Å². The van der Waals surface area contributed by atoms with E-state index < -0.39 is 18.2 Å². The van der Waals surface area contributed by atoms with Crippen molar-refractivity contribution in [1.29, 1.82) is 0 Å². The van der Waals surface area contributed by atoms with Crippen molar-refractivity contribution in [2.24, 2.45) is 0 Å². The first-order valence-corrected chi connectivity index (χ1v) is 17.4. The topological polar surface area (TPSA) is 43.4 Å². The van der Waals surface area contributed by atoms with E-state index in [-0.39, 0.29) is 27.3 Å². The summed E-state index contributed by atoms with van der Waals surface area (Å²) in [5, 5.41) is 2.19. The van der Waals surface area contributed by atoms with E-state index in [9.17, 15) is 8.42 Å². The largest absolute Gasteiger partial charge is 0.401 e. The molecule has 4 rings (SSSR count). The normalized spacial score (nSPS) is 19.1. The van der Waals surface area contributed by atoms with E-state index in [0.717, 1.165) is 0 Å². The molecule has 0 heterocycles. The smallest absolute Gasteiger partial charge is 0.261 e. The van der Waals surface area contributed by atoms with Gasteiger partial charge in [-0.15, -0.1) is 0 Å². The Hall–Kier alpha value is -2.12. The minimum atomic E-state index is -3.58. The summed E-state index contributed by atoms with van der Waals surface area (Å²) in [6.07, 6.45) is 6.59. The molecule has 0 aromatic heterocycles. The number of hydrogen-bond acceptors (Lipinski definition) is 3. The maximum atomic E-state index is 13.7. The summed E-state index contributed by atoms with van der Waals surface area (Å²) >= 11 is 0. The second kappa shape index (κ2) is 10.1. The lowest BCUT2D eigenvalue weighted by molar-refractivity contribution is 0.233. The van der Waals surface area contributed by atoms with Crippen molar-refractivity contribution >= 4 is 39.4 Å². The maximum absolute atomic E-state index is 13.7. The first kappa shape index (κ1) is 26.0. The molecule has 0 spiro atoms. The molecule has 0 aliphatic heterocycles. The van der Waals surface area contributed by atoms with Gasteiger partial charge >= 0.3 is 0 Å². The molecule has 184 valence electrons. The summed E-state index contributed by atoms with van der Waals surface area (Å²) in [6.45, 7) is 6.75. The highest BCUT2D eigenvalue weighted by Gasteiger charge is 2.53. The Morgan fingerprint density at radius 1 is 0.800 bits per heavy atom. The molecule has 0 bridgehead atoms. The van der Waals surface area contributed by atoms with Gasteiger partial charge < -0.3 is 4.43 Å². The Morgan fingerprint density at radius 3 is 1.69 bits per heavy atom. The van der Waals surface area contributed by atoms with Gasteiger partial charge in [-0.2, -0.15) is 0 Å². The van der Waals surface area contributed by atoms with Crippen LogP contribution >= 0.6 is 0 Å². The van der Waals surface area contributed by atoms with Crippen LogP contribution in [0.3, 0.4) is 0 Å². The van der Waals surface area contributed by atoms with Crippen molar-refractivity contribution in [2.45, 2.75) is 48.5 Å². The fourth-order valence-corrected chi connectivity index (χ4v) is 13.4. The second-order valence-electron chi connectivity index (χ2n) is 10.3. The Bertz CT molecular complexity index is 1230. The van der Waals surface area contributed by atoms with E-state index in [1.807, 2.05) is 24.3 Å². The summed E-state index contributed by atoms with van der Waals surface area (Å²) in [5.41, 5.74) is 0. The molecular formula is C29H35O3S2Si+. The van der Waals surface area contributed by atoms with Gasteiger partial charge in [-0.25, -0.2) is 8.42 Å². The van der Waals surface area contributed by atoms with Crippen molar-refractivity contribution < 1.29 is 12.8 Å². The van der Waals surface area contributed by atoms with Crippen molar-refractivity contribution in [1.82, 2.24) is 0 Å². The van der Waals surface area contributed by atoms with Crippen LogP contribution in [-0.2, 0) is 25.2 Å². The molecule has 1 aliphatic rings. The molecule has 2 atom stereocenters. The number of sulfone groups is 1. The number of rotatable bonds is 7. The van der Waals surface area contributed by atoms with Gasteiger partial charge in [0, 0.05) is 6.42 Å². The summed E-state index contributed by atoms with van der Waals surface area (Å²) in [6, 6.07) is 29.8. The molecule has 0 fully saturated rings. The van der Waals surface area contributed by atoms with Crippen LogP contribution in [0.2, 0.25) is 5.04 Å². The van der Waals surface area contributed by atoms with Gasteiger partial charge in [-0.3, -0.25) is 0 Å². The Balaban J connectivity index is 1.85. The monoisotopic (exact) mass is 523 g/mol. The third kappa shape index (κ3) is 4.94. The average molecular weight is 524 g/mol. The van der Waals surface area contributed by atoms with E-state index in [1.165, 1.54) is 10.4 Å². The van der Waals surface area contributed by atoms with Gasteiger partial charge in [0.25, 0.3) is 8.32 Å². The molecule has 0 saturated carbocycles. The molecule has 3 nitrogen and oxygen atoms in total. The zero-order valence-corrected chi connectivity index (χ0v) is 23.8. The molecule has 0 N–H and O–H groups in total. The standard InChI is InChI=1S/C29H35O3S2Si/c1-29(2,3)35(25-17-11-7-12-18-25,26-19-13-8-14-20-26)32-23-21-27(33(4)5)28(22-23)34(30,31)24-15-9-6-10-16-24/h6-20,22-23,27H,21H2,1-5H3/q+1/t23-,27+/m1/s1. The van der Waals surface area contributed by atoms with E-state index in [2.05, 4.69) is 81.8 Å². The van der Waals surface area contributed by atoms with Crippen LogP contribution in [0.5, 0.6) is 0 Å². The van der Waals surface area contributed by atoms with Crippen molar-refractivity contribution in [3.8, 4) is 0 Å². The molecule has 6 heteroatoms. The first-order valence-electron chi connectivity index (χ1n) is 11.9. The molecule has 35 heavy (non-hydrogen) atoms. The van der Waals surface area contributed by atoms with Crippen LogP contribution in [0.15, 0.2) is 107 Å². The van der Waals surface area contributed by atoms with Crippen LogP contribution in [0.25, 0.3) is 0 Å². The first-order chi connectivity index (χ1) is 16.6. The molecule has 0 saturated heterocycles. The van der Waals surface area contributed by atoms with Gasteiger partial charge in [0.1, 0.15) is 0 Å². The zero-order valence-electron chi connectivity index (χ0n) is 21.1. The van der Waals surface area contributed by atoms with Crippen LogP contribution in [0.4, 0.5) is 0 Å². The fourth-order valence-electron chi connectivity index (χ4n) is 5.11. The third-order valence-electron chi connectivity index (χ3n) is 6.79. The maximum Gasteiger partial charge on any atom is 0.261 e. The average Bonchev–Trinajstić information content (AvgIpc) is 3.29. The molecule has 0 radical (unpaired) electrons. The Kier molecular flexibility index (Phi) is 7.48. The van der Waals surface area contributed by atoms with Gasteiger partial charge in [-0.1, -0.05) is 99.6 Å². The summed E-state index contributed by atoms with van der Waals surface area (Å²) in [4.78, 5) is 0.868. The molecule has 3 aromatic rings. The van der Waals surface area contributed by atoms with Crippen molar-refractivity contribution in [3.05, 3.63) is 102 Å². The predicted molar refractivity (Wildman–Crippen MR) is 152 cm³/mol. The highest BCUT2D eigenvalue weighted by molar-refractivity contribution is 8.00. The Morgan fingerprint density at radius 2 is 1.26 bits per heavy atom. The quantitative estimate of drug-likeness (QED) is 0.325. The van der Waals surface area contributed by atoms with Gasteiger partial charge in [-0.05, 0) is 44.5 Å². The minimum absolute atomic E-state index is 0.0524. The van der Waals surface area contributed by atoms with Crippen molar-refractivity contribution in [2.75, 3.05) is 12.5 Å². The van der Waals surface area contributed by atoms with Gasteiger partial charge in [0.05, 0.1) is 28.4 Å².